The van der Waals surface area contributed by atoms with Crippen molar-refractivity contribution in [3.63, 3.8) is 0 Å². The van der Waals surface area contributed by atoms with Crippen molar-refractivity contribution in [3.8, 4) is 11.1 Å². The molecule has 0 spiro atoms. The molecule has 8 N–H and O–H groups in total. The number of hydrazine groups is 2. The number of anilines is 4. The number of carbonyl (C=O) groups excluding carboxylic acids is 13. The second-order valence-electron chi connectivity index (χ2n) is 28.1. The van der Waals surface area contributed by atoms with Crippen molar-refractivity contribution >= 4 is 100.0 Å². The van der Waals surface area contributed by atoms with Gasteiger partial charge in [-0.15, -0.1) is 0 Å². The van der Waals surface area contributed by atoms with E-state index in [-0.39, 0.29) is 105 Å². The van der Waals surface area contributed by atoms with Gasteiger partial charge in [0.15, 0.2) is 11.6 Å². The van der Waals surface area contributed by atoms with Crippen LogP contribution in [-0.2, 0) is 70.5 Å². The van der Waals surface area contributed by atoms with Crippen molar-refractivity contribution in [1.29, 1.82) is 0 Å². The summed E-state index contributed by atoms with van der Waals surface area (Å²) in [6.45, 7) is 13.4. The number of nitrogens with zero attached hydrogens (tertiary/aromatic N) is 6. The minimum atomic E-state index is -1.11. The Bertz CT molecular complexity index is 4450. The normalized spacial score (nSPS) is 16.9. The van der Waals surface area contributed by atoms with Crippen LogP contribution in [0.2, 0.25) is 0 Å². The summed E-state index contributed by atoms with van der Waals surface area (Å²) in [5.41, 5.74) is 19.9. The molecule has 598 valence electrons. The fraction of sp³-hybridized carbons (Fsp3) is 0.395. The predicted molar refractivity (Wildman–Crippen MR) is 413 cm³/mol. The highest BCUT2D eigenvalue weighted by molar-refractivity contribution is 6.36. The largest absolute Gasteiger partial charge is 0.459 e. The summed E-state index contributed by atoms with van der Waals surface area (Å²) in [4.78, 5) is 170. The number of ether oxygens (including phenoxy) is 3. The predicted octanol–water partition coefficient (Wildman–Crippen LogP) is 5.30. The van der Waals surface area contributed by atoms with Crippen LogP contribution in [-0.4, -0.2) is 209 Å². The fourth-order valence-corrected chi connectivity index (χ4v) is 13.5. The molecule has 30 nitrogen and oxygen atoms in total. The molecule has 4 heterocycles. The molecule has 113 heavy (non-hydrogen) atoms. The zero-order valence-corrected chi connectivity index (χ0v) is 63.7. The van der Waals surface area contributed by atoms with E-state index in [0.29, 0.717) is 106 Å². The Morgan fingerprint density at radius 3 is 1.32 bits per heavy atom. The van der Waals surface area contributed by atoms with Crippen LogP contribution in [0.1, 0.15) is 116 Å². The lowest BCUT2D eigenvalue weighted by Crippen LogP contribution is -2.52. The van der Waals surface area contributed by atoms with Gasteiger partial charge in [-0.05, 0) is 97.5 Å². The zero-order chi connectivity index (χ0) is 81.0. The summed E-state index contributed by atoms with van der Waals surface area (Å²) in [6, 6.07) is 35.6. The third-order valence-corrected chi connectivity index (χ3v) is 19.9. The van der Waals surface area contributed by atoms with E-state index in [1.54, 1.807) is 103 Å². The molecule has 1 aliphatic carbocycles. The van der Waals surface area contributed by atoms with Crippen LogP contribution < -0.4 is 62.6 Å². The lowest BCUT2D eigenvalue weighted by atomic mass is 9.98. The molecular weight excluding hydrogens is 1460 g/mol. The summed E-state index contributed by atoms with van der Waals surface area (Å²) in [6.07, 6.45) is -1.48. The highest BCUT2D eigenvalue weighted by atomic mass is 19.1. The van der Waals surface area contributed by atoms with E-state index < -0.39 is 77.9 Å². The molecule has 6 aromatic carbocycles. The van der Waals surface area contributed by atoms with Gasteiger partial charge >= 0.3 is 18.2 Å². The van der Waals surface area contributed by atoms with Crippen LogP contribution in [0.3, 0.4) is 0 Å². The average Bonchev–Trinajstić information content (AvgIpc) is 1.63. The Morgan fingerprint density at radius 1 is 0.513 bits per heavy atom. The van der Waals surface area contributed by atoms with Crippen molar-refractivity contribution in [2.24, 2.45) is 0 Å². The van der Waals surface area contributed by atoms with Gasteiger partial charge in [-0.2, -0.15) is 0 Å². The topological polar surface area (TPSA) is 365 Å². The van der Waals surface area contributed by atoms with Gasteiger partial charge in [0.25, 0.3) is 5.78 Å². The van der Waals surface area contributed by atoms with Gasteiger partial charge in [0.1, 0.15) is 36.7 Å². The molecule has 0 unspecified atom stereocenters. The van der Waals surface area contributed by atoms with E-state index in [4.69, 9.17) is 14.2 Å². The number of hydrogen-bond donors (Lipinski definition) is 8. The number of fused-ring (bicyclic) bond motifs is 3. The number of aldehydes is 1. The molecule has 4 fully saturated rings. The molecule has 8 amide bonds. The van der Waals surface area contributed by atoms with Gasteiger partial charge in [-0.1, -0.05) is 97.1 Å². The van der Waals surface area contributed by atoms with Gasteiger partial charge in [-0.25, -0.2) is 34.0 Å². The monoisotopic (exact) mass is 1560 g/mol. The minimum absolute atomic E-state index is 0.00641. The summed E-state index contributed by atoms with van der Waals surface area (Å²) >= 11 is 0. The molecule has 5 aliphatic rings. The fourth-order valence-electron chi connectivity index (χ4n) is 13.5. The maximum Gasteiger partial charge on any atom is 0.414 e. The first kappa shape index (κ1) is 83.6. The number of carbonyl (C=O) groups is 13. The maximum absolute atomic E-state index is 15.3. The van der Waals surface area contributed by atoms with Crippen molar-refractivity contribution < 1.29 is 85.3 Å². The first-order chi connectivity index (χ1) is 54.2. The lowest BCUT2D eigenvalue weighted by molar-refractivity contribution is -0.155. The smallest absolute Gasteiger partial charge is 0.414 e. The van der Waals surface area contributed by atoms with E-state index in [0.717, 1.165) is 33.4 Å². The molecular formula is C81H94F2N14O16. The van der Waals surface area contributed by atoms with Crippen molar-refractivity contribution in [1.82, 2.24) is 52.8 Å². The average molecular weight is 1560 g/mol. The highest BCUT2D eigenvalue weighted by Crippen LogP contribution is 2.45. The quantitative estimate of drug-likeness (QED) is 0.00647. The van der Waals surface area contributed by atoms with Gasteiger partial charge in [0.05, 0.1) is 73.1 Å². The molecule has 0 radical (unpaired) electrons. The number of cyclic esters (lactones) is 2. The molecule has 6 aromatic rings. The Morgan fingerprint density at radius 2 is 0.920 bits per heavy atom. The van der Waals surface area contributed by atoms with E-state index in [1.165, 1.54) is 42.7 Å². The first-order valence-corrected chi connectivity index (χ1v) is 37.5. The second kappa shape index (κ2) is 39.4. The number of halogens is 2. The van der Waals surface area contributed by atoms with E-state index in [2.05, 4.69) is 43.0 Å². The number of amides is 8. The summed E-state index contributed by atoms with van der Waals surface area (Å²) in [7, 11) is 0. The van der Waals surface area contributed by atoms with Crippen LogP contribution in [0.15, 0.2) is 133 Å². The summed E-state index contributed by atoms with van der Waals surface area (Å²) in [5, 5.41) is 10.3. The van der Waals surface area contributed by atoms with Gasteiger partial charge in [0, 0.05) is 122 Å². The van der Waals surface area contributed by atoms with Crippen molar-refractivity contribution in [2.75, 3.05) is 105 Å². The molecule has 4 saturated heterocycles. The van der Waals surface area contributed by atoms with Crippen molar-refractivity contribution in [2.45, 2.75) is 123 Å². The van der Waals surface area contributed by atoms with E-state index in [1.807, 2.05) is 58.3 Å². The number of ketones is 3. The lowest BCUT2D eigenvalue weighted by Gasteiger charge is -2.36. The van der Waals surface area contributed by atoms with Crippen molar-refractivity contribution in [3.05, 3.63) is 178 Å². The van der Waals surface area contributed by atoms with Crippen LogP contribution in [0.5, 0.6) is 0 Å². The van der Waals surface area contributed by atoms with E-state index >= 15 is 8.78 Å². The molecule has 4 aliphatic heterocycles. The van der Waals surface area contributed by atoms with Crippen LogP contribution in [0.25, 0.3) is 11.1 Å². The van der Waals surface area contributed by atoms with E-state index in [9.17, 15) is 62.3 Å². The third kappa shape index (κ3) is 22.5. The Kier molecular flexibility index (Phi) is 29.1. The Labute approximate surface area is 652 Å². The number of benzene rings is 6. The maximum atomic E-state index is 15.3. The Balaban J connectivity index is 0.000000251. The van der Waals surface area contributed by atoms with Gasteiger partial charge < -0.3 is 59.9 Å². The standard InChI is InChI=1S/C48H52FN7O9.C33H42FN7O7/c1-29(45(60)47(62)64-28-40-38-10-6-4-8-36(38)37-9-5-7-11-39(37)40)52-46(61)30(2)53-51-25-32-12-14-33(15-13-32)43(58)18-19-44(59)55-22-20-54(21-23-55)42-17-16-34(24-41(42)49)56-27-35(65-48(56)63)26-50-31(3)57;1-21(20-42)37-32(46)22(2)38-36-17-24-4-6-25(7-5-24)30(44)10-11-31(45)40-14-12-39(13-15-40)29-9-8-26(16-28(29)34)41-19-27(48-33(41)47)18-35-23(3)43/h4-17,24,29-30,35,40,51,53H,18-23,25-28H2,1-3H3,(H,50,57)(H,52,61);4-9,16,20-22,27,36,38H,10-15,17-19H2,1-3H3,(H,35,43)(H,37,46)/t29-,30-,35-;21-,22-,27-/m00/s1. The summed E-state index contributed by atoms with van der Waals surface area (Å²) < 4.78 is 46.4. The molecule has 0 aromatic heterocycles. The number of esters is 1. The molecule has 11 rings (SSSR count). The molecule has 32 heteroatoms. The molecule has 0 saturated carbocycles. The number of hydrogen-bond acceptors (Lipinski definition) is 22. The van der Waals surface area contributed by atoms with Crippen LogP contribution >= 0.6 is 0 Å². The number of nitrogens with one attached hydrogen (secondary N) is 8. The van der Waals surface area contributed by atoms with Gasteiger partial charge in [0.2, 0.25) is 35.4 Å². The zero-order valence-electron chi connectivity index (χ0n) is 63.7. The Hall–Kier alpha value is -11.9. The summed E-state index contributed by atoms with van der Waals surface area (Å²) in [5.74, 6) is -5.06. The minimum Gasteiger partial charge on any atom is -0.459 e. The third-order valence-electron chi connectivity index (χ3n) is 19.9. The second-order valence-corrected chi connectivity index (χ2v) is 28.1. The SMILES string of the molecule is CC(=O)NC[C@H]1CN(c2ccc(N3CCN(C(=O)CCC(=O)c4ccc(CNN[C@@H](C)C(=O)N[C@@H](C)C(=O)C(=O)OCC5c6ccccc6-c6ccccc65)cc4)CC3)c(F)c2)C(=O)O1.CC(=O)NC[C@H]1CN(c2ccc(N3CCN(C(=O)CCC(=O)c4ccc(CNN[C@@H](C)C(=O)N[C@@H](C)C=O)cc4)CC3)c(F)c2)C(=O)O1. The number of rotatable bonds is 33. The molecule has 6 atom stereocenters. The number of Topliss-reactive ketones (excluding diaryl/α,β-unsaturated/α-hetero) is 3. The van der Waals surface area contributed by atoms with Crippen LogP contribution in [0.4, 0.5) is 41.1 Å². The number of piperazine rings is 2. The molecule has 0 bridgehead atoms. The highest BCUT2D eigenvalue weighted by Gasteiger charge is 2.37. The van der Waals surface area contributed by atoms with Gasteiger partial charge in [-0.3, -0.25) is 63.8 Å². The first-order valence-electron chi connectivity index (χ1n) is 37.5. The van der Waals surface area contributed by atoms with Crippen LogP contribution in [0, 0.1) is 11.6 Å².